The van der Waals surface area contributed by atoms with Gasteiger partial charge in [0.25, 0.3) is 0 Å². The summed E-state index contributed by atoms with van der Waals surface area (Å²) in [4.78, 5) is 4.43. The summed E-state index contributed by atoms with van der Waals surface area (Å²) in [6, 6.07) is 0.894. The van der Waals surface area contributed by atoms with Crippen LogP contribution in [0, 0.1) is 5.92 Å². The zero-order valence-electron chi connectivity index (χ0n) is 11.7. The summed E-state index contributed by atoms with van der Waals surface area (Å²) in [5.74, 6) is 1.81. The van der Waals surface area contributed by atoms with Crippen LogP contribution in [0.1, 0.15) is 45.6 Å². The Hall–Kier alpha value is -1.03. The molecule has 1 aliphatic carbocycles. The standard InChI is InChI=1S/C14H25N3O/c1-11-5-4-6-13(9-11)17-8-7-15-14(17)16-12(2)10-18-3/h7-8,11-13H,4-6,9-10H2,1-3H3,(H,15,16). The van der Waals surface area contributed by atoms with Crippen LogP contribution in [0.3, 0.4) is 0 Å². The van der Waals surface area contributed by atoms with Crippen LogP contribution in [0.2, 0.25) is 0 Å². The molecule has 102 valence electrons. The van der Waals surface area contributed by atoms with Crippen LogP contribution in [-0.4, -0.2) is 29.3 Å². The van der Waals surface area contributed by atoms with Crippen molar-refractivity contribution in [1.29, 1.82) is 0 Å². The summed E-state index contributed by atoms with van der Waals surface area (Å²) >= 11 is 0. The van der Waals surface area contributed by atoms with Crippen molar-refractivity contribution in [2.24, 2.45) is 5.92 Å². The minimum atomic E-state index is 0.289. The van der Waals surface area contributed by atoms with Gasteiger partial charge in [-0.3, -0.25) is 0 Å². The van der Waals surface area contributed by atoms with Gasteiger partial charge in [0.15, 0.2) is 0 Å². The second-order valence-corrected chi connectivity index (χ2v) is 5.58. The number of anilines is 1. The first kappa shape index (κ1) is 13.4. The number of aromatic nitrogens is 2. The van der Waals surface area contributed by atoms with Gasteiger partial charge in [-0.05, 0) is 25.7 Å². The summed E-state index contributed by atoms with van der Waals surface area (Å²) in [5, 5.41) is 3.43. The Morgan fingerprint density at radius 3 is 3.11 bits per heavy atom. The van der Waals surface area contributed by atoms with Crippen molar-refractivity contribution in [2.45, 2.75) is 51.6 Å². The van der Waals surface area contributed by atoms with E-state index in [1.165, 1.54) is 25.7 Å². The van der Waals surface area contributed by atoms with Gasteiger partial charge < -0.3 is 14.6 Å². The van der Waals surface area contributed by atoms with E-state index in [9.17, 15) is 0 Å². The highest BCUT2D eigenvalue weighted by Gasteiger charge is 2.22. The maximum atomic E-state index is 5.16. The van der Waals surface area contributed by atoms with Crippen molar-refractivity contribution in [1.82, 2.24) is 9.55 Å². The van der Waals surface area contributed by atoms with Gasteiger partial charge in [-0.15, -0.1) is 0 Å². The molecule has 0 spiro atoms. The molecule has 1 heterocycles. The highest BCUT2D eigenvalue weighted by atomic mass is 16.5. The van der Waals surface area contributed by atoms with Gasteiger partial charge in [0, 0.05) is 31.6 Å². The van der Waals surface area contributed by atoms with E-state index in [-0.39, 0.29) is 6.04 Å². The Bertz CT molecular complexity index is 364. The summed E-state index contributed by atoms with van der Waals surface area (Å²) in [5.41, 5.74) is 0. The highest BCUT2D eigenvalue weighted by molar-refractivity contribution is 5.28. The van der Waals surface area contributed by atoms with E-state index in [2.05, 4.69) is 34.9 Å². The van der Waals surface area contributed by atoms with E-state index in [1.54, 1.807) is 7.11 Å². The normalized spacial score (nSPS) is 25.9. The van der Waals surface area contributed by atoms with E-state index in [1.807, 2.05) is 6.20 Å². The Labute approximate surface area is 110 Å². The Morgan fingerprint density at radius 2 is 2.39 bits per heavy atom. The summed E-state index contributed by atoms with van der Waals surface area (Å²) in [6.07, 6.45) is 9.23. The molecular weight excluding hydrogens is 226 g/mol. The molecular formula is C14H25N3O. The van der Waals surface area contributed by atoms with Crippen molar-refractivity contribution in [2.75, 3.05) is 19.0 Å². The lowest BCUT2D eigenvalue weighted by Crippen LogP contribution is -2.25. The van der Waals surface area contributed by atoms with Gasteiger partial charge >= 0.3 is 0 Å². The number of imidazole rings is 1. The summed E-state index contributed by atoms with van der Waals surface area (Å²) in [7, 11) is 1.73. The van der Waals surface area contributed by atoms with Crippen LogP contribution in [0.15, 0.2) is 12.4 Å². The Kier molecular flexibility index (Phi) is 4.64. The van der Waals surface area contributed by atoms with E-state index in [0.29, 0.717) is 12.6 Å². The largest absolute Gasteiger partial charge is 0.383 e. The Balaban J connectivity index is 2.02. The zero-order chi connectivity index (χ0) is 13.0. The molecule has 3 atom stereocenters. The minimum absolute atomic E-state index is 0.289. The molecule has 1 fully saturated rings. The maximum absolute atomic E-state index is 5.16. The molecule has 0 radical (unpaired) electrons. The van der Waals surface area contributed by atoms with Gasteiger partial charge in [0.05, 0.1) is 6.61 Å². The van der Waals surface area contributed by atoms with Crippen LogP contribution in [0.5, 0.6) is 0 Å². The monoisotopic (exact) mass is 251 g/mol. The van der Waals surface area contributed by atoms with Crippen LogP contribution in [0.4, 0.5) is 5.95 Å². The fraction of sp³-hybridized carbons (Fsp3) is 0.786. The van der Waals surface area contributed by atoms with Crippen LogP contribution in [-0.2, 0) is 4.74 Å². The Morgan fingerprint density at radius 1 is 1.56 bits per heavy atom. The molecule has 4 heteroatoms. The molecule has 1 aromatic rings. The second-order valence-electron chi connectivity index (χ2n) is 5.58. The van der Waals surface area contributed by atoms with Gasteiger partial charge in [-0.1, -0.05) is 19.8 Å². The molecule has 18 heavy (non-hydrogen) atoms. The molecule has 2 rings (SSSR count). The van der Waals surface area contributed by atoms with E-state index < -0.39 is 0 Å². The number of methoxy groups -OCH3 is 1. The second kappa shape index (κ2) is 6.23. The number of nitrogens with zero attached hydrogens (tertiary/aromatic N) is 2. The average Bonchev–Trinajstić information content (AvgIpc) is 2.77. The van der Waals surface area contributed by atoms with E-state index in [0.717, 1.165) is 11.9 Å². The van der Waals surface area contributed by atoms with Crippen molar-refractivity contribution in [3.63, 3.8) is 0 Å². The number of ether oxygens (including phenoxy) is 1. The molecule has 3 unspecified atom stereocenters. The number of rotatable bonds is 5. The van der Waals surface area contributed by atoms with E-state index >= 15 is 0 Å². The average molecular weight is 251 g/mol. The third-order valence-electron chi connectivity index (χ3n) is 3.76. The number of hydrogen-bond acceptors (Lipinski definition) is 3. The van der Waals surface area contributed by atoms with Gasteiger partial charge in [-0.25, -0.2) is 4.98 Å². The molecule has 4 nitrogen and oxygen atoms in total. The summed E-state index contributed by atoms with van der Waals surface area (Å²) < 4.78 is 7.46. The first-order valence-electron chi connectivity index (χ1n) is 6.99. The molecule has 1 aliphatic rings. The molecule has 0 aromatic carbocycles. The predicted octanol–water partition coefficient (Wildman–Crippen LogP) is 3.08. The van der Waals surface area contributed by atoms with E-state index in [4.69, 9.17) is 4.74 Å². The molecule has 1 saturated carbocycles. The molecule has 0 aliphatic heterocycles. The fourth-order valence-corrected chi connectivity index (χ4v) is 2.89. The maximum Gasteiger partial charge on any atom is 0.203 e. The van der Waals surface area contributed by atoms with Crippen LogP contribution >= 0.6 is 0 Å². The molecule has 0 amide bonds. The SMILES string of the molecule is COCC(C)Nc1nccn1C1CCCC(C)C1. The smallest absolute Gasteiger partial charge is 0.203 e. The van der Waals surface area contributed by atoms with Crippen molar-refractivity contribution < 1.29 is 4.74 Å². The minimum Gasteiger partial charge on any atom is -0.383 e. The molecule has 1 N–H and O–H groups in total. The van der Waals surface area contributed by atoms with Crippen LogP contribution in [0.25, 0.3) is 0 Å². The lowest BCUT2D eigenvalue weighted by atomic mass is 9.87. The number of hydrogen-bond donors (Lipinski definition) is 1. The first-order valence-corrected chi connectivity index (χ1v) is 6.99. The molecule has 0 saturated heterocycles. The molecule has 0 bridgehead atoms. The quantitative estimate of drug-likeness (QED) is 0.874. The number of nitrogens with one attached hydrogen (secondary N) is 1. The van der Waals surface area contributed by atoms with Crippen LogP contribution < -0.4 is 5.32 Å². The predicted molar refractivity (Wildman–Crippen MR) is 73.9 cm³/mol. The first-order chi connectivity index (χ1) is 8.70. The van der Waals surface area contributed by atoms with Gasteiger partial charge in [0.1, 0.15) is 0 Å². The van der Waals surface area contributed by atoms with Gasteiger partial charge in [0.2, 0.25) is 5.95 Å². The third-order valence-corrected chi connectivity index (χ3v) is 3.76. The van der Waals surface area contributed by atoms with Gasteiger partial charge in [-0.2, -0.15) is 0 Å². The summed E-state index contributed by atoms with van der Waals surface area (Å²) in [6.45, 7) is 5.17. The third kappa shape index (κ3) is 3.25. The topological polar surface area (TPSA) is 39.1 Å². The fourth-order valence-electron chi connectivity index (χ4n) is 2.89. The van der Waals surface area contributed by atoms with Crippen molar-refractivity contribution in [3.8, 4) is 0 Å². The van der Waals surface area contributed by atoms with Crippen molar-refractivity contribution >= 4 is 5.95 Å². The molecule has 1 aromatic heterocycles. The highest BCUT2D eigenvalue weighted by Crippen LogP contribution is 2.33. The lowest BCUT2D eigenvalue weighted by Gasteiger charge is -2.29. The van der Waals surface area contributed by atoms with Crippen molar-refractivity contribution in [3.05, 3.63) is 12.4 Å². The lowest BCUT2D eigenvalue weighted by molar-refractivity contribution is 0.189. The zero-order valence-corrected chi connectivity index (χ0v) is 11.7.